The van der Waals surface area contributed by atoms with Crippen molar-refractivity contribution in [2.24, 2.45) is 5.16 Å². The molecule has 38 heavy (non-hydrogen) atoms. The molecule has 2 aliphatic rings. The van der Waals surface area contributed by atoms with Crippen LogP contribution < -0.4 is 9.64 Å². The minimum Gasteiger partial charge on any atom is -0.492 e. The maximum atomic E-state index is 13.0. The van der Waals surface area contributed by atoms with Crippen molar-refractivity contribution in [3.63, 3.8) is 0 Å². The molecule has 0 radical (unpaired) electrons. The van der Waals surface area contributed by atoms with Gasteiger partial charge in [0, 0.05) is 23.8 Å². The summed E-state index contributed by atoms with van der Waals surface area (Å²) in [5.41, 5.74) is 3.63. The molecule has 4 rings (SSSR count). The van der Waals surface area contributed by atoms with Crippen LogP contribution in [0.5, 0.6) is 5.75 Å². The van der Waals surface area contributed by atoms with Gasteiger partial charge < -0.3 is 24.3 Å². The second kappa shape index (κ2) is 12.8. The van der Waals surface area contributed by atoms with Crippen molar-refractivity contribution in [3.05, 3.63) is 77.9 Å². The van der Waals surface area contributed by atoms with Gasteiger partial charge in [0.2, 0.25) is 5.91 Å². The van der Waals surface area contributed by atoms with Crippen LogP contribution in [0.3, 0.4) is 0 Å². The Morgan fingerprint density at radius 3 is 2.68 bits per heavy atom. The van der Waals surface area contributed by atoms with E-state index in [-0.39, 0.29) is 23.5 Å². The first kappa shape index (κ1) is 27.5. The number of amides is 1. The molecule has 2 aromatic carbocycles. The number of hydrogen-bond donors (Lipinski definition) is 1. The van der Waals surface area contributed by atoms with Crippen LogP contribution in [0.15, 0.2) is 76.8 Å². The minimum atomic E-state index is -0.978. The molecule has 1 N–H and O–H groups in total. The first-order chi connectivity index (χ1) is 18.4. The standard InChI is InChI=1S/C29H32N2O6S/c1-4-36-26(29(33)34)17-20-9-12-22(13-10-20)37-16-15-31-25-14-11-21(18-27(25)38-19(2)28(31)32)23-7-5-6-8-24(23)30-35-3/h5-14,18-19,23,26H,4,15-17H2,1-3H3,(H,33,34). The van der Waals surface area contributed by atoms with E-state index < -0.39 is 12.1 Å². The van der Waals surface area contributed by atoms with E-state index >= 15 is 0 Å². The van der Waals surface area contributed by atoms with Crippen molar-refractivity contribution in [1.82, 2.24) is 0 Å². The van der Waals surface area contributed by atoms with Crippen LogP contribution in [-0.4, -0.2) is 60.9 Å². The number of oxime groups is 1. The van der Waals surface area contributed by atoms with Crippen LogP contribution in [0.25, 0.3) is 0 Å². The quantitative estimate of drug-likeness (QED) is 0.411. The van der Waals surface area contributed by atoms with Gasteiger partial charge in [-0.1, -0.05) is 41.6 Å². The molecule has 0 saturated carbocycles. The highest BCUT2D eigenvalue weighted by molar-refractivity contribution is 8.01. The molecule has 0 spiro atoms. The fourth-order valence-electron chi connectivity index (χ4n) is 4.47. The molecule has 1 aliphatic carbocycles. The number of fused-ring (bicyclic) bond motifs is 1. The number of allylic oxidation sites excluding steroid dienone is 4. The molecule has 1 amide bonds. The molecule has 1 aliphatic heterocycles. The number of hydrogen-bond acceptors (Lipinski definition) is 7. The topological polar surface area (TPSA) is 97.7 Å². The zero-order valence-corrected chi connectivity index (χ0v) is 22.5. The molecule has 3 unspecified atom stereocenters. The van der Waals surface area contributed by atoms with Gasteiger partial charge in [0.25, 0.3) is 0 Å². The average Bonchev–Trinajstić information content (AvgIpc) is 2.91. The van der Waals surface area contributed by atoms with Gasteiger partial charge in [-0.3, -0.25) is 4.79 Å². The van der Waals surface area contributed by atoms with Crippen molar-refractivity contribution in [1.29, 1.82) is 0 Å². The molecule has 0 aromatic heterocycles. The summed E-state index contributed by atoms with van der Waals surface area (Å²) in [5, 5.41) is 13.2. The molecule has 200 valence electrons. The first-order valence-electron chi connectivity index (χ1n) is 12.5. The summed E-state index contributed by atoms with van der Waals surface area (Å²) in [4.78, 5) is 32.2. The Hall–Kier alpha value is -3.56. The number of carboxylic acid groups (broad SMARTS) is 1. The molecule has 8 nitrogen and oxygen atoms in total. The lowest BCUT2D eigenvalue weighted by molar-refractivity contribution is -0.149. The zero-order valence-electron chi connectivity index (χ0n) is 21.7. The van der Waals surface area contributed by atoms with E-state index in [0.717, 1.165) is 27.4 Å². The molecule has 0 fully saturated rings. The van der Waals surface area contributed by atoms with Crippen LogP contribution in [0.2, 0.25) is 0 Å². The number of ether oxygens (including phenoxy) is 2. The highest BCUT2D eigenvalue weighted by Crippen LogP contribution is 2.41. The maximum Gasteiger partial charge on any atom is 0.333 e. The number of aliphatic carboxylic acids is 1. The maximum absolute atomic E-state index is 13.0. The fourth-order valence-corrected chi connectivity index (χ4v) is 5.58. The van der Waals surface area contributed by atoms with Gasteiger partial charge in [-0.25, -0.2) is 4.79 Å². The van der Waals surface area contributed by atoms with Gasteiger partial charge in [-0.05, 0) is 55.3 Å². The summed E-state index contributed by atoms with van der Waals surface area (Å²) < 4.78 is 11.2. The smallest absolute Gasteiger partial charge is 0.333 e. The number of nitrogens with zero attached hydrogens (tertiary/aromatic N) is 2. The lowest BCUT2D eigenvalue weighted by Gasteiger charge is -2.33. The van der Waals surface area contributed by atoms with Crippen LogP contribution in [0.4, 0.5) is 5.69 Å². The van der Waals surface area contributed by atoms with Gasteiger partial charge in [0.1, 0.15) is 19.5 Å². The van der Waals surface area contributed by atoms with Gasteiger partial charge in [-0.15, -0.1) is 11.8 Å². The molecule has 2 aromatic rings. The van der Waals surface area contributed by atoms with E-state index in [1.165, 1.54) is 7.11 Å². The highest BCUT2D eigenvalue weighted by Gasteiger charge is 2.31. The normalized spacial score (nSPS) is 20.3. The molecule has 9 heteroatoms. The van der Waals surface area contributed by atoms with Crippen molar-refractivity contribution in [2.45, 2.75) is 42.4 Å². The summed E-state index contributed by atoms with van der Waals surface area (Å²) in [7, 11) is 1.54. The molecular formula is C29H32N2O6S. The Labute approximate surface area is 226 Å². The van der Waals surface area contributed by atoms with Gasteiger partial charge in [0.05, 0.1) is 23.2 Å². The fraction of sp³-hybridized carbons (Fsp3) is 0.345. The second-order valence-corrected chi connectivity index (χ2v) is 10.3. The number of anilines is 1. The van der Waals surface area contributed by atoms with E-state index in [0.29, 0.717) is 25.5 Å². The van der Waals surface area contributed by atoms with Gasteiger partial charge in [0.15, 0.2) is 6.10 Å². The lowest BCUT2D eigenvalue weighted by Crippen LogP contribution is -2.42. The number of carboxylic acids is 1. The van der Waals surface area contributed by atoms with E-state index in [9.17, 15) is 14.7 Å². The highest BCUT2D eigenvalue weighted by atomic mass is 32.2. The summed E-state index contributed by atoms with van der Waals surface area (Å²) in [6, 6.07) is 13.4. The van der Waals surface area contributed by atoms with Crippen molar-refractivity contribution in [2.75, 3.05) is 31.8 Å². The summed E-state index contributed by atoms with van der Waals surface area (Å²) >= 11 is 1.56. The third-order valence-corrected chi connectivity index (χ3v) is 7.46. The Balaban J connectivity index is 1.42. The number of carbonyl (C=O) groups excluding carboxylic acids is 1. The summed E-state index contributed by atoms with van der Waals surface area (Å²) in [5.74, 6) is -0.292. The Kier molecular flexibility index (Phi) is 9.25. The predicted octanol–water partition coefficient (Wildman–Crippen LogP) is 4.84. The zero-order chi connectivity index (χ0) is 27.1. The molecule has 3 atom stereocenters. The van der Waals surface area contributed by atoms with Crippen LogP contribution in [-0.2, 0) is 25.6 Å². The number of rotatable bonds is 11. The van der Waals surface area contributed by atoms with Crippen molar-refractivity contribution in [3.8, 4) is 5.75 Å². The number of carbonyl (C=O) groups is 2. The molecule has 0 bridgehead atoms. The SMILES string of the molecule is CCOC(Cc1ccc(OCCN2C(=O)C(C)Sc3cc(C4C=CC=CC4=NOC)ccc32)cc1)C(=O)O. The van der Waals surface area contributed by atoms with Gasteiger partial charge >= 0.3 is 5.97 Å². The van der Waals surface area contributed by atoms with Crippen molar-refractivity contribution >= 4 is 35.0 Å². The van der Waals surface area contributed by atoms with Gasteiger partial charge in [-0.2, -0.15) is 0 Å². The average molecular weight is 537 g/mol. The predicted molar refractivity (Wildman–Crippen MR) is 148 cm³/mol. The summed E-state index contributed by atoms with van der Waals surface area (Å²) in [6.45, 7) is 4.76. The van der Waals surface area contributed by atoms with E-state index in [4.69, 9.17) is 14.3 Å². The van der Waals surface area contributed by atoms with E-state index in [1.807, 2.05) is 61.5 Å². The Morgan fingerprint density at radius 2 is 1.97 bits per heavy atom. The van der Waals surface area contributed by atoms with E-state index in [1.54, 1.807) is 23.6 Å². The number of thioether (sulfide) groups is 1. The number of benzene rings is 2. The molecule has 1 heterocycles. The lowest BCUT2D eigenvalue weighted by atomic mass is 9.90. The van der Waals surface area contributed by atoms with E-state index in [2.05, 4.69) is 17.3 Å². The van der Waals surface area contributed by atoms with Crippen LogP contribution in [0, 0.1) is 0 Å². The molecule has 0 saturated heterocycles. The Morgan fingerprint density at radius 1 is 1.18 bits per heavy atom. The Bertz CT molecular complexity index is 1240. The monoisotopic (exact) mass is 536 g/mol. The van der Waals surface area contributed by atoms with Crippen LogP contribution in [0.1, 0.15) is 30.9 Å². The molecular weight excluding hydrogens is 504 g/mol. The largest absolute Gasteiger partial charge is 0.492 e. The minimum absolute atomic E-state index is 0.0159. The first-order valence-corrected chi connectivity index (χ1v) is 13.4. The third kappa shape index (κ3) is 6.46. The van der Waals surface area contributed by atoms with Crippen LogP contribution >= 0.6 is 11.8 Å². The van der Waals surface area contributed by atoms with Crippen molar-refractivity contribution < 1.29 is 29.0 Å². The third-order valence-electron chi connectivity index (χ3n) is 6.32. The summed E-state index contributed by atoms with van der Waals surface area (Å²) in [6.07, 6.45) is 7.36. The second-order valence-electron chi connectivity index (χ2n) is 8.88.